The van der Waals surface area contributed by atoms with E-state index < -0.39 is 0 Å². The summed E-state index contributed by atoms with van der Waals surface area (Å²) in [6.45, 7) is 2.17. The molecule has 4 heteroatoms. The smallest absolute Gasteiger partial charge is 0.180 e. The third-order valence-corrected chi connectivity index (χ3v) is 0.794. The second-order valence-corrected chi connectivity index (χ2v) is 1.51. The fourth-order valence-corrected chi connectivity index (χ4v) is 0.334. The van der Waals surface area contributed by atoms with Crippen LogP contribution in [-0.4, -0.2) is 11.4 Å². The van der Waals surface area contributed by atoms with E-state index in [1.807, 2.05) is 6.92 Å². The van der Waals surface area contributed by atoms with Crippen LogP contribution in [0.25, 0.3) is 0 Å². The lowest BCUT2D eigenvalue weighted by Crippen LogP contribution is -2.00. The standard InChI is InChI=1S/C4H10N2O2/c1-2-3-4-6(8)5-7/h7H,2-4H2,1H3/p-1. The molecule has 0 fully saturated rings. The fraction of sp³-hybridized carbons (Fsp3) is 1.00. The normalized spacial score (nSPS) is 11.9. The highest BCUT2D eigenvalue weighted by Crippen LogP contribution is 1.86. The molecule has 0 aliphatic rings. The summed E-state index contributed by atoms with van der Waals surface area (Å²) in [5.41, 5.74) is 0. The van der Waals surface area contributed by atoms with Crippen LogP contribution < -0.4 is 0 Å². The van der Waals surface area contributed by atoms with Crippen molar-refractivity contribution >= 4 is 0 Å². The Labute approximate surface area is 48.0 Å². The minimum absolute atomic E-state index is 0.156. The Hall–Kier alpha value is -0.800. The zero-order chi connectivity index (χ0) is 6.41. The van der Waals surface area contributed by atoms with E-state index in [0.29, 0.717) is 0 Å². The molecule has 0 heterocycles. The van der Waals surface area contributed by atoms with Crippen LogP contribution in [-0.2, 0) is 0 Å². The summed E-state index contributed by atoms with van der Waals surface area (Å²) in [4.78, 5) is 0.156. The highest BCUT2D eigenvalue weighted by atomic mass is 16.6. The molecule has 0 aromatic carbocycles. The van der Waals surface area contributed by atoms with Gasteiger partial charge < -0.3 is 10.4 Å². The van der Waals surface area contributed by atoms with Crippen LogP contribution in [0.4, 0.5) is 0 Å². The molecule has 0 bridgehead atoms. The molecule has 4 nitrogen and oxygen atoms in total. The van der Waals surface area contributed by atoms with Gasteiger partial charge in [-0.2, -0.15) is 0 Å². The van der Waals surface area contributed by atoms with Crippen LogP contribution in [0.5, 0.6) is 0 Å². The Morgan fingerprint density at radius 1 is 1.62 bits per heavy atom. The van der Waals surface area contributed by atoms with Gasteiger partial charge in [-0.05, 0) is 5.28 Å². The van der Waals surface area contributed by atoms with Gasteiger partial charge in [0.05, 0.1) is 0 Å². The topological polar surface area (TPSA) is 61.5 Å². The van der Waals surface area contributed by atoms with E-state index in [1.165, 1.54) is 0 Å². The first kappa shape index (κ1) is 7.20. The molecule has 0 aliphatic heterocycles. The van der Waals surface area contributed by atoms with Crippen molar-refractivity contribution in [2.45, 2.75) is 19.8 Å². The van der Waals surface area contributed by atoms with Gasteiger partial charge in [-0.25, -0.2) is 0 Å². The lowest BCUT2D eigenvalue weighted by atomic mass is 10.3. The maximum atomic E-state index is 10.0. The lowest BCUT2D eigenvalue weighted by molar-refractivity contribution is -0.526. The van der Waals surface area contributed by atoms with E-state index in [-0.39, 0.29) is 11.4 Å². The van der Waals surface area contributed by atoms with Crippen molar-refractivity contribution in [1.29, 1.82) is 0 Å². The van der Waals surface area contributed by atoms with E-state index in [0.717, 1.165) is 12.8 Å². The van der Waals surface area contributed by atoms with Gasteiger partial charge in [-0.3, -0.25) is 0 Å². The molecule has 0 rings (SSSR count). The molecule has 0 aliphatic carbocycles. The lowest BCUT2D eigenvalue weighted by Gasteiger charge is -1.98. The Kier molecular flexibility index (Phi) is 3.93. The number of nitrogens with zero attached hydrogens (tertiary/aromatic N) is 2. The maximum Gasteiger partial charge on any atom is 0.180 e. The molecule has 0 amide bonds. The van der Waals surface area contributed by atoms with E-state index in [4.69, 9.17) is 0 Å². The van der Waals surface area contributed by atoms with Crippen molar-refractivity contribution in [1.82, 2.24) is 0 Å². The first-order valence-corrected chi connectivity index (χ1v) is 2.59. The highest BCUT2D eigenvalue weighted by molar-refractivity contribution is 4.28. The van der Waals surface area contributed by atoms with Crippen molar-refractivity contribution in [3.05, 3.63) is 10.4 Å². The zero-order valence-corrected chi connectivity index (χ0v) is 4.83. The van der Waals surface area contributed by atoms with Gasteiger partial charge in [0.25, 0.3) is 0 Å². The van der Waals surface area contributed by atoms with Crippen LogP contribution in [0.1, 0.15) is 19.8 Å². The van der Waals surface area contributed by atoms with Gasteiger partial charge in [0.2, 0.25) is 0 Å². The predicted molar refractivity (Wildman–Crippen MR) is 29.2 cm³/mol. The Balaban J connectivity index is 3.12. The van der Waals surface area contributed by atoms with Gasteiger partial charge in [0.1, 0.15) is 0 Å². The van der Waals surface area contributed by atoms with Gasteiger partial charge in [0.15, 0.2) is 6.54 Å². The second-order valence-electron chi connectivity index (χ2n) is 1.51. The first-order chi connectivity index (χ1) is 3.81. The van der Waals surface area contributed by atoms with Gasteiger partial charge in [0, 0.05) is 6.42 Å². The number of rotatable bonds is 3. The average molecular weight is 117 g/mol. The molecule has 0 saturated carbocycles. The molecule has 0 saturated heterocycles. The van der Waals surface area contributed by atoms with Gasteiger partial charge in [-0.1, -0.05) is 18.2 Å². The van der Waals surface area contributed by atoms with Crippen molar-refractivity contribution in [3.63, 3.8) is 0 Å². The monoisotopic (exact) mass is 117 g/mol. The minimum atomic E-state index is 0.156. The SMILES string of the molecule is CCCC[N+]([O-])=N[O-]. The first-order valence-electron chi connectivity index (χ1n) is 2.59. The summed E-state index contributed by atoms with van der Waals surface area (Å²) in [6.07, 6.45) is 1.64. The van der Waals surface area contributed by atoms with Crippen LogP contribution in [0.3, 0.4) is 0 Å². The Bertz CT molecular complexity index is 82.1. The second kappa shape index (κ2) is 4.36. The molecule has 0 radical (unpaired) electrons. The van der Waals surface area contributed by atoms with E-state index in [1.54, 1.807) is 0 Å². The predicted octanol–water partition coefficient (Wildman–Crippen LogP) is 1.25. The summed E-state index contributed by atoms with van der Waals surface area (Å²) < 4.78 is 0. The highest BCUT2D eigenvalue weighted by Gasteiger charge is 1.87. The van der Waals surface area contributed by atoms with Gasteiger partial charge in [-0.15, -0.1) is 0 Å². The molecule has 0 N–H and O–H groups in total. The van der Waals surface area contributed by atoms with Crippen LogP contribution >= 0.6 is 0 Å². The molecule has 0 spiro atoms. The van der Waals surface area contributed by atoms with Crippen molar-refractivity contribution in [3.8, 4) is 0 Å². The molecular weight excluding hydrogens is 108 g/mol. The molecule has 0 atom stereocenters. The van der Waals surface area contributed by atoms with E-state index in [9.17, 15) is 10.4 Å². The number of hydrogen-bond acceptors (Lipinski definition) is 3. The van der Waals surface area contributed by atoms with Crippen LogP contribution in [0.2, 0.25) is 0 Å². The van der Waals surface area contributed by atoms with E-state index >= 15 is 0 Å². The molecule has 48 valence electrons. The van der Waals surface area contributed by atoms with Gasteiger partial charge >= 0.3 is 0 Å². The van der Waals surface area contributed by atoms with Crippen LogP contribution in [0, 0.1) is 10.4 Å². The number of hydroxylamine groups is 1. The molecular formula is C4H9N2O2-. The summed E-state index contributed by atoms with van der Waals surface area (Å²) in [7, 11) is 0. The Morgan fingerprint density at radius 3 is 2.62 bits per heavy atom. The largest absolute Gasteiger partial charge is 0.739 e. The average Bonchev–Trinajstić information content (AvgIpc) is 1.83. The fourth-order valence-electron chi connectivity index (χ4n) is 0.334. The molecule has 0 unspecified atom stereocenters. The third-order valence-electron chi connectivity index (χ3n) is 0.794. The maximum absolute atomic E-state index is 10.0. The summed E-state index contributed by atoms with van der Waals surface area (Å²) in [6, 6.07) is 0. The zero-order valence-electron chi connectivity index (χ0n) is 4.83. The number of unbranched alkanes of at least 4 members (excludes halogenated alkanes) is 1. The quantitative estimate of drug-likeness (QED) is 0.317. The molecule has 8 heavy (non-hydrogen) atoms. The van der Waals surface area contributed by atoms with Crippen molar-refractivity contribution in [2.24, 2.45) is 5.28 Å². The third kappa shape index (κ3) is 3.39. The van der Waals surface area contributed by atoms with Crippen molar-refractivity contribution in [2.75, 3.05) is 6.54 Å². The van der Waals surface area contributed by atoms with Crippen molar-refractivity contribution < 1.29 is 4.86 Å². The minimum Gasteiger partial charge on any atom is -0.739 e. The Morgan fingerprint density at radius 2 is 2.25 bits per heavy atom. The molecule has 0 aromatic heterocycles. The summed E-state index contributed by atoms with van der Waals surface area (Å²) >= 11 is 0. The summed E-state index contributed by atoms with van der Waals surface area (Å²) in [5.74, 6) is 0. The van der Waals surface area contributed by atoms with E-state index in [2.05, 4.69) is 5.28 Å². The summed E-state index contributed by atoms with van der Waals surface area (Å²) in [5, 5.41) is 21.5. The van der Waals surface area contributed by atoms with Crippen LogP contribution in [0.15, 0.2) is 5.28 Å². The molecule has 0 aromatic rings. The number of hydrogen-bond donors (Lipinski definition) is 0.